The highest BCUT2D eigenvalue weighted by molar-refractivity contribution is 7.80. The summed E-state index contributed by atoms with van der Waals surface area (Å²) in [4.78, 5) is 6.91. The van der Waals surface area contributed by atoms with Crippen molar-refractivity contribution in [1.29, 1.82) is 0 Å². The zero-order chi connectivity index (χ0) is 19.0. The molecular weight excluding hydrogens is 352 g/mol. The summed E-state index contributed by atoms with van der Waals surface area (Å²) in [6.07, 6.45) is 1.84. The van der Waals surface area contributed by atoms with Crippen LogP contribution < -0.4 is 5.32 Å². The third kappa shape index (κ3) is 3.12. The van der Waals surface area contributed by atoms with Crippen LogP contribution in [-0.2, 0) is 0 Å². The van der Waals surface area contributed by atoms with Crippen LogP contribution in [0.3, 0.4) is 0 Å². The first-order valence-corrected chi connectivity index (χ1v) is 9.72. The molecule has 0 aliphatic carbocycles. The van der Waals surface area contributed by atoms with Crippen molar-refractivity contribution in [1.82, 2.24) is 19.8 Å². The number of rotatable bonds is 4. The molecule has 3 heterocycles. The SMILES string of the molecule is Cc1ccc([C@H]2[C@@H](c3ccccn3)NC(=S)N2C(C)C)n1-c1ccccc1. The quantitative estimate of drug-likeness (QED) is 0.677. The van der Waals surface area contributed by atoms with Crippen LogP contribution in [0.5, 0.6) is 0 Å². The number of para-hydroxylation sites is 1. The zero-order valence-electron chi connectivity index (χ0n) is 15.8. The lowest BCUT2D eigenvalue weighted by molar-refractivity contribution is 0.262. The standard InChI is InChI=1S/C22H24N4S/c1-15(2)25-21(20(24-22(25)27)18-11-7-8-14-23-18)19-13-12-16(3)26(19)17-9-5-4-6-10-17/h4-15,20-21H,1-3H3,(H,24,27)/t20-,21+/m1/s1. The monoisotopic (exact) mass is 376 g/mol. The number of nitrogens with one attached hydrogen (secondary N) is 1. The fourth-order valence-electron chi connectivity index (χ4n) is 3.96. The minimum atomic E-state index is 0.0119. The summed E-state index contributed by atoms with van der Waals surface area (Å²) in [5, 5.41) is 4.30. The Bertz CT molecular complexity index is 933. The minimum Gasteiger partial charge on any atom is -0.352 e. The van der Waals surface area contributed by atoms with Crippen LogP contribution in [0.15, 0.2) is 66.9 Å². The molecule has 138 valence electrons. The Hall–Kier alpha value is -2.66. The second kappa shape index (κ2) is 7.16. The molecule has 1 N–H and O–H groups in total. The van der Waals surface area contributed by atoms with Crippen LogP contribution in [0.1, 0.15) is 43.0 Å². The maximum atomic E-state index is 5.72. The van der Waals surface area contributed by atoms with E-state index in [-0.39, 0.29) is 18.1 Å². The van der Waals surface area contributed by atoms with E-state index in [4.69, 9.17) is 12.2 Å². The highest BCUT2D eigenvalue weighted by atomic mass is 32.1. The van der Waals surface area contributed by atoms with Gasteiger partial charge in [0.05, 0.1) is 17.8 Å². The van der Waals surface area contributed by atoms with Gasteiger partial charge in [0.15, 0.2) is 5.11 Å². The van der Waals surface area contributed by atoms with E-state index >= 15 is 0 Å². The van der Waals surface area contributed by atoms with E-state index in [0.29, 0.717) is 0 Å². The Balaban J connectivity index is 1.88. The summed E-state index contributed by atoms with van der Waals surface area (Å²) in [5.41, 5.74) is 4.59. The Morgan fingerprint density at radius 1 is 1.00 bits per heavy atom. The molecule has 3 aromatic rings. The van der Waals surface area contributed by atoms with Crippen molar-refractivity contribution in [2.24, 2.45) is 0 Å². The minimum absolute atomic E-state index is 0.0119. The van der Waals surface area contributed by atoms with Crippen LogP contribution in [0.2, 0.25) is 0 Å². The number of nitrogens with zero attached hydrogens (tertiary/aromatic N) is 3. The first kappa shape index (κ1) is 17.7. The molecule has 1 aliphatic heterocycles. The maximum Gasteiger partial charge on any atom is 0.170 e. The van der Waals surface area contributed by atoms with Gasteiger partial charge in [-0.05, 0) is 69.4 Å². The van der Waals surface area contributed by atoms with Crippen LogP contribution in [0.4, 0.5) is 0 Å². The maximum absolute atomic E-state index is 5.72. The predicted octanol–water partition coefficient (Wildman–Crippen LogP) is 4.56. The van der Waals surface area contributed by atoms with Crippen molar-refractivity contribution in [2.45, 2.75) is 38.9 Å². The lowest BCUT2D eigenvalue weighted by atomic mass is 10.0. The van der Waals surface area contributed by atoms with Gasteiger partial charge in [-0.3, -0.25) is 4.98 Å². The molecule has 2 aromatic heterocycles. The van der Waals surface area contributed by atoms with Gasteiger partial charge in [0.1, 0.15) is 0 Å². The molecule has 4 rings (SSSR count). The smallest absolute Gasteiger partial charge is 0.170 e. The number of pyridine rings is 1. The van der Waals surface area contributed by atoms with E-state index in [0.717, 1.165) is 16.5 Å². The molecule has 0 radical (unpaired) electrons. The lowest BCUT2D eigenvalue weighted by Crippen LogP contribution is -2.36. The molecule has 4 nitrogen and oxygen atoms in total. The Kier molecular flexibility index (Phi) is 4.70. The van der Waals surface area contributed by atoms with Crippen molar-refractivity contribution >= 4 is 17.3 Å². The molecule has 0 spiro atoms. The first-order valence-electron chi connectivity index (χ1n) is 9.31. The Morgan fingerprint density at radius 3 is 2.41 bits per heavy atom. The third-order valence-corrected chi connectivity index (χ3v) is 5.44. The number of hydrogen-bond donors (Lipinski definition) is 1. The molecule has 0 amide bonds. The van der Waals surface area contributed by atoms with E-state index in [1.807, 2.05) is 24.4 Å². The summed E-state index contributed by atoms with van der Waals surface area (Å²) in [6.45, 7) is 6.52. The van der Waals surface area contributed by atoms with E-state index in [2.05, 4.69) is 83.0 Å². The molecule has 1 aromatic carbocycles. The molecule has 1 aliphatic rings. The molecule has 1 fully saturated rings. The van der Waals surface area contributed by atoms with Gasteiger partial charge in [-0.2, -0.15) is 0 Å². The summed E-state index contributed by atoms with van der Waals surface area (Å²) >= 11 is 5.72. The second-order valence-electron chi connectivity index (χ2n) is 7.20. The van der Waals surface area contributed by atoms with Crippen LogP contribution in [0, 0.1) is 6.92 Å². The van der Waals surface area contributed by atoms with Crippen LogP contribution in [0.25, 0.3) is 5.69 Å². The number of hydrogen-bond acceptors (Lipinski definition) is 2. The lowest BCUT2D eigenvalue weighted by Gasteiger charge is -2.32. The van der Waals surface area contributed by atoms with Crippen molar-refractivity contribution in [2.75, 3.05) is 0 Å². The highest BCUT2D eigenvalue weighted by Gasteiger charge is 2.42. The van der Waals surface area contributed by atoms with Gasteiger partial charge < -0.3 is 14.8 Å². The molecule has 1 saturated heterocycles. The molecule has 5 heteroatoms. The van der Waals surface area contributed by atoms with Crippen molar-refractivity contribution in [3.8, 4) is 5.69 Å². The van der Waals surface area contributed by atoms with Crippen LogP contribution >= 0.6 is 12.2 Å². The van der Waals surface area contributed by atoms with E-state index < -0.39 is 0 Å². The normalized spacial score (nSPS) is 19.6. The largest absolute Gasteiger partial charge is 0.352 e. The van der Waals surface area contributed by atoms with Gasteiger partial charge in [-0.1, -0.05) is 24.3 Å². The molecular formula is C22H24N4S. The predicted molar refractivity (Wildman–Crippen MR) is 113 cm³/mol. The fourth-order valence-corrected chi connectivity index (χ4v) is 4.41. The van der Waals surface area contributed by atoms with Crippen molar-refractivity contribution < 1.29 is 0 Å². The van der Waals surface area contributed by atoms with Gasteiger partial charge in [0.25, 0.3) is 0 Å². The topological polar surface area (TPSA) is 33.1 Å². The van der Waals surface area contributed by atoms with Gasteiger partial charge in [-0.25, -0.2) is 0 Å². The summed E-state index contributed by atoms with van der Waals surface area (Å²) < 4.78 is 2.33. The number of thiocarbonyl (C=S) groups is 1. The number of benzene rings is 1. The second-order valence-corrected chi connectivity index (χ2v) is 7.58. The average Bonchev–Trinajstić information content (AvgIpc) is 3.22. The number of aryl methyl sites for hydroxylation is 1. The molecule has 27 heavy (non-hydrogen) atoms. The van der Waals surface area contributed by atoms with E-state index in [9.17, 15) is 0 Å². The van der Waals surface area contributed by atoms with Gasteiger partial charge in [0.2, 0.25) is 0 Å². The van der Waals surface area contributed by atoms with E-state index in [1.165, 1.54) is 11.4 Å². The highest BCUT2D eigenvalue weighted by Crippen LogP contribution is 2.41. The Labute approximate surface area is 165 Å². The fraction of sp³-hybridized carbons (Fsp3) is 0.273. The third-order valence-electron chi connectivity index (χ3n) is 5.12. The number of aromatic nitrogens is 2. The molecule has 0 saturated carbocycles. The molecule has 2 atom stereocenters. The average molecular weight is 377 g/mol. The van der Waals surface area contributed by atoms with E-state index in [1.54, 1.807) is 0 Å². The molecule has 0 unspecified atom stereocenters. The Morgan fingerprint density at radius 2 is 1.74 bits per heavy atom. The summed E-state index contributed by atoms with van der Waals surface area (Å²) in [6, 6.07) is 21.3. The van der Waals surface area contributed by atoms with Crippen molar-refractivity contribution in [3.63, 3.8) is 0 Å². The summed E-state index contributed by atoms with van der Waals surface area (Å²) in [5.74, 6) is 0. The zero-order valence-corrected chi connectivity index (χ0v) is 16.6. The first-order chi connectivity index (χ1) is 13.1. The van der Waals surface area contributed by atoms with Gasteiger partial charge >= 0.3 is 0 Å². The van der Waals surface area contributed by atoms with Crippen LogP contribution in [-0.4, -0.2) is 25.6 Å². The summed E-state index contributed by atoms with van der Waals surface area (Å²) in [7, 11) is 0. The molecule has 0 bridgehead atoms. The van der Waals surface area contributed by atoms with Crippen molar-refractivity contribution in [3.05, 3.63) is 83.9 Å². The van der Waals surface area contributed by atoms with Gasteiger partial charge in [0, 0.05) is 29.3 Å². The van der Waals surface area contributed by atoms with Gasteiger partial charge in [-0.15, -0.1) is 0 Å².